The third-order valence-corrected chi connectivity index (χ3v) is 3.50. The van der Waals surface area contributed by atoms with Gasteiger partial charge < -0.3 is 14.2 Å². The summed E-state index contributed by atoms with van der Waals surface area (Å²) in [5, 5.41) is 0. The quantitative estimate of drug-likeness (QED) is 0.764. The van der Waals surface area contributed by atoms with Crippen LogP contribution in [0.15, 0.2) is 6.33 Å². The van der Waals surface area contributed by atoms with E-state index in [9.17, 15) is 0 Å². The Labute approximate surface area is 123 Å². The zero-order valence-corrected chi connectivity index (χ0v) is 13.1. The first-order chi connectivity index (χ1) is 9.58. The summed E-state index contributed by atoms with van der Waals surface area (Å²) >= 11 is 6.02. The maximum Gasteiger partial charge on any atom is 0.245 e. The molecule has 2 aromatic heterocycles. The van der Waals surface area contributed by atoms with E-state index in [0.717, 1.165) is 24.4 Å². The second-order valence-electron chi connectivity index (χ2n) is 5.03. The van der Waals surface area contributed by atoms with Crippen LogP contribution >= 0.6 is 11.6 Å². The Hall–Kier alpha value is -1.40. The zero-order chi connectivity index (χ0) is 14.7. The monoisotopic (exact) mass is 297 g/mol. The van der Waals surface area contributed by atoms with Gasteiger partial charge in [0.1, 0.15) is 12.2 Å². The van der Waals surface area contributed by atoms with Crippen molar-refractivity contribution in [3.8, 4) is 5.88 Å². The molecule has 0 aliphatic heterocycles. The average Bonchev–Trinajstić information content (AvgIpc) is 2.82. The van der Waals surface area contributed by atoms with Crippen LogP contribution in [0.3, 0.4) is 0 Å². The van der Waals surface area contributed by atoms with Gasteiger partial charge in [-0.15, -0.1) is 11.6 Å². The lowest BCUT2D eigenvalue weighted by molar-refractivity contribution is 0.357. The van der Waals surface area contributed by atoms with E-state index in [4.69, 9.17) is 16.3 Å². The molecule has 20 heavy (non-hydrogen) atoms. The van der Waals surface area contributed by atoms with Gasteiger partial charge in [0.15, 0.2) is 11.2 Å². The van der Waals surface area contributed by atoms with Crippen LogP contribution in [0.5, 0.6) is 5.88 Å². The van der Waals surface area contributed by atoms with Crippen molar-refractivity contribution in [1.29, 1.82) is 0 Å². The van der Waals surface area contributed by atoms with Crippen LogP contribution in [0.1, 0.15) is 25.2 Å². The lowest BCUT2D eigenvalue weighted by Gasteiger charge is -2.18. The van der Waals surface area contributed by atoms with E-state index in [1.807, 2.05) is 0 Å². The van der Waals surface area contributed by atoms with Gasteiger partial charge in [-0.25, -0.2) is 9.97 Å². The Kier molecular flexibility index (Phi) is 4.77. The first-order valence-corrected chi connectivity index (χ1v) is 7.08. The largest absolute Gasteiger partial charge is 0.479 e. The summed E-state index contributed by atoms with van der Waals surface area (Å²) < 4.78 is 7.32. The fourth-order valence-corrected chi connectivity index (χ4v) is 2.40. The van der Waals surface area contributed by atoms with E-state index in [-0.39, 0.29) is 6.04 Å². The van der Waals surface area contributed by atoms with Crippen LogP contribution in [-0.2, 0) is 5.88 Å². The molecule has 6 nitrogen and oxygen atoms in total. The Morgan fingerprint density at radius 2 is 2.15 bits per heavy atom. The van der Waals surface area contributed by atoms with Crippen LogP contribution < -0.4 is 4.74 Å². The van der Waals surface area contributed by atoms with Crippen molar-refractivity contribution in [2.24, 2.45) is 0 Å². The van der Waals surface area contributed by atoms with Crippen molar-refractivity contribution in [3.63, 3.8) is 0 Å². The number of hydrogen-bond donors (Lipinski definition) is 0. The number of fused-ring (bicyclic) bond motifs is 1. The molecule has 7 heteroatoms. The molecule has 2 aromatic rings. The molecule has 1 atom stereocenters. The summed E-state index contributed by atoms with van der Waals surface area (Å²) in [6, 6.07) is 0.260. The number of nitrogens with zero attached hydrogens (tertiary/aromatic N) is 5. The summed E-state index contributed by atoms with van der Waals surface area (Å²) in [5.74, 6) is 1.62. The molecule has 1 unspecified atom stereocenters. The Morgan fingerprint density at radius 1 is 1.40 bits per heavy atom. The molecule has 0 saturated heterocycles. The zero-order valence-electron chi connectivity index (χ0n) is 12.3. The van der Waals surface area contributed by atoms with Gasteiger partial charge in [0.25, 0.3) is 0 Å². The fourth-order valence-electron chi connectivity index (χ4n) is 2.21. The molecule has 0 fully saturated rings. The smallest absolute Gasteiger partial charge is 0.245 e. The second-order valence-corrected chi connectivity index (χ2v) is 5.30. The van der Waals surface area contributed by atoms with Crippen molar-refractivity contribution < 1.29 is 4.74 Å². The maximum atomic E-state index is 6.02. The molecule has 110 valence electrons. The SMILES string of the molecule is COc1ncnc2c1nc(CCl)n2C(C)CCN(C)C. The predicted molar refractivity (Wildman–Crippen MR) is 79.3 cm³/mol. The van der Waals surface area contributed by atoms with Crippen molar-refractivity contribution in [3.05, 3.63) is 12.2 Å². The third-order valence-electron chi connectivity index (χ3n) is 3.26. The first-order valence-electron chi connectivity index (χ1n) is 6.55. The average molecular weight is 298 g/mol. The van der Waals surface area contributed by atoms with E-state index in [2.05, 4.69) is 45.4 Å². The Bertz CT molecular complexity index is 583. The molecular formula is C13H20ClN5O. The fraction of sp³-hybridized carbons (Fsp3) is 0.615. The van der Waals surface area contributed by atoms with Crippen molar-refractivity contribution >= 4 is 22.8 Å². The highest BCUT2D eigenvalue weighted by atomic mass is 35.5. The number of aromatic nitrogens is 4. The van der Waals surface area contributed by atoms with Crippen molar-refractivity contribution in [2.75, 3.05) is 27.7 Å². The molecule has 0 bridgehead atoms. The highest BCUT2D eigenvalue weighted by Gasteiger charge is 2.19. The van der Waals surface area contributed by atoms with Gasteiger partial charge in [-0.3, -0.25) is 0 Å². The lowest BCUT2D eigenvalue weighted by Crippen LogP contribution is -2.18. The topological polar surface area (TPSA) is 56.1 Å². The highest BCUT2D eigenvalue weighted by molar-refractivity contribution is 6.16. The molecule has 0 aliphatic rings. The van der Waals surface area contributed by atoms with Gasteiger partial charge in [-0.2, -0.15) is 4.98 Å². The number of methoxy groups -OCH3 is 1. The third kappa shape index (κ3) is 2.86. The van der Waals surface area contributed by atoms with Crippen LogP contribution in [0, 0.1) is 0 Å². The van der Waals surface area contributed by atoms with Gasteiger partial charge in [-0.1, -0.05) is 0 Å². The number of ether oxygens (including phenoxy) is 1. The molecule has 0 spiro atoms. The molecule has 0 aliphatic carbocycles. The van der Waals surface area contributed by atoms with Crippen LogP contribution in [0.2, 0.25) is 0 Å². The minimum Gasteiger partial charge on any atom is -0.479 e. The summed E-state index contributed by atoms with van der Waals surface area (Å²) in [7, 11) is 5.70. The predicted octanol–water partition coefficient (Wildman–Crippen LogP) is 2.09. The first kappa shape index (κ1) is 15.0. The Morgan fingerprint density at radius 3 is 2.75 bits per heavy atom. The number of halogens is 1. The molecule has 0 N–H and O–H groups in total. The van der Waals surface area contributed by atoms with Crippen LogP contribution in [0.25, 0.3) is 11.2 Å². The maximum absolute atomic E-state index is 6.02. The summed E-state index contributed by atoms with van der Waals surface area (Å²) in [4.78, 5) is 15.1. The van der Waals surface area contributed by atoms with Gasteiger partial charge in [0.05, 0.1) is 13.0 Å². The van der Waals surface area contributed by atoms with Crippen LogP contribution in [0.4, 0.5) is 0 Å². The normalized spacial score (nSPS) is 13.1. The van der Waals surface area contributed by atoms with E-state index in [0.29, 0.717) is 17.3 Å². The van der Waals surface area contributed by atoms with E-state index in [1.54, 1.807) is 7.11 Å². The van der Waals surface area contributed by atoms with Gasteiger partial charge in [-0.05, 0) is 34.0 Å². The number of imidazole rings is 1. The van der Waals surface area contributed by atoms with Gasteiger partial charge in [0, 0.05) is 6.04 Å². The van der Waals surface area contributed by atoms with Crippen LogP contribution in [-0.4, -0.2) is 52.2 Å². The molecular weight excluding hydrogens is 278 g/mol. The molecule has 2 rings (SSSR count). The lowest BCUT2D eigenvalue weighted by atomic mass is 10.2. The minimum absolute atomic E-state index is 0.260. The van der Waals surface area contributed by atoms with Gasteiger partial charge in [0.2, 0.25) is 5.88 Å². The Balaban J connectivity index is 2.45. The highest BCUT2D eigenvalue weighted by Crippen LogP contribution is 2.26. The van der Waals surface area contributed by atoms with Crippen molar-refractivity contribution in [1.82, 2.24) is 24.4 Å². The van der Waals surface area contributed by atoms with Crippen molar-refractivity contribution in [2.45, 2.75) is 25.3 Å². The summed E-state index contributed by atoms with van der Waals surface area (Å²) in [5.41, 5.74) is 1.45. The minimum atomic E-state index is 0.260. The van der Waals surface area contributed by atoms with E-state index in [1.165, 1.54) is 6.33 Å². The molecule has 0 amide bonds. The summed E-state index contributed by atoms with van der Waals surface area (Å²) in [6.45, 7) is 3.14. The number of rotatable bonds is 6. The number of alkyl halides is 1. The molecule has 0 radical (unpaired) electrons. The van der Waals surface area contributed by atoms with E-state index >= 15 is 0 Å². The molecule has 0 aromatic carbocycles. The standard InChI is InChI=1S/C13H20ClN5O/c1-9(5-6-18(2)3)19-10(7-14)17-11-12(19)15-8-16-13(11)20-4/h8-9H,5-7H2,1-4H3. The van der Waals surface area contributed by atoms with Gasteiger partial charge >= 0.3 is 0 Å². The van der Waals surface area contributed by atoms with E-state index < -0.39 is 0 Å². The summed E-state index contributed by atoms with van der Waals surface area (Å²) in [6.07, 6.45) is 2.49. The molecule has 2 heterocycles. The molecule has 0 saturated carbocycles. The number of hydrogen-bond acceptors (Lipinski definition) is 5. The second kappa shape index (κ2) is 6.37.